The van der Waals surface area contributed by atoms with Gasteiger partial charge in [-0.2, -0.15) is 8.42 Å². The first-order valence-electron chi connectivity index (χ1n) is 17.0. The molecule has 4 heteroatoms. The molecule has 7 rings (SSSR count). The maximum absolute atomic E-state index is 13.5. The molecule has 1 aromatic rings. The summed E-state index contributed by atoms with van der Waals surface area (Å²) in [5.74, 6) is 6.64. The lowest BCUT2D eigenvalue weighted by Gasteiger charge is -2.45. The lowest BCUT2D eigenvalue weighted by molar-refractivity contribution is 0.121. The fourth-order valence-corrected chi connectivity index (χ4v) is 12.4. The minimum absolute atomic E-state index is 0.253. The van der Waals surface area contributed by atoms with Crippen LogP contribution in [0, 0.1) is 47.3 Å². The first kappa shape index (κ1) is 27.7. The highest BCUT2D eigenvalue weighted by Gasteiger charge is 2.42. The average Bonchev–Trinajstić information content (AvgIpc) is 2.87. The van der Waals surface area contributed by atoms with Gasteiger partial charge in [-0.15, -0.1) is 0 Å². The summed E-state index contributed by atoms with van der Waals surface area (Å²) in [6.45, 7) is 7.20. The smallest absolute Gasteiger partial charge is 0.282 e. The molecule has 5 saturated carbocycles. The van der Waals surface area contributed by atoms with Gasteiger partial charge in [0, 0.05) is 0 Å². The predicted octanol–water partition coefficient (Wildman–Crippen LogP) is 9.78. The third-order valence-electron chi connectivity index (χ3n) is 12.7. The molecule has 6 aliphatic carbocycles. The van der Waals surface area contributed by atoms with Crippen molar-refractivity contribution in [2.24, 2.45) is 47.3 Å². The van der Waals surface area contributed by atoms with Crippen LogP contribution in [-0.2, 0) is 10.1 Å². The van der Waals surface area contributed by atoms with Crippen LogP contribution in [0.25, 0.3) is 5.57 Å². The van der Waals surface area contributed by atoms with Gasteiger partial charge in [-0.25, -0.2) is 0 Å². The molecule has 40 heavy (non-hydrogen) atoms. The highest BCUT2D eigenvalue weighted by molar-refractivity contribution is 7.86. The maximum Gasteiger partial charge on any atom is 0.295 e. The molecule has 0 heterocycles. The Morgan fingerprint density at radius 2 is 1.30 bits per heavy atom. The van der Waals surface area contributed by atoms with E-state index in [-0.39, 0.29) is 5.92 Å². The Kier molecular flexibility index (Phi) is 7.30. The largest absolute Gasteiger partial charge is 0.295 e. The number of benzene rings is 1. The summed E-state index contributed by atoms with van der Waals surface area (Å²) >= 11 is 0. The van der Waals surface area contributed by atoms with Crippen molar-refractivity contribution in [1.29, 1.82) is 0 Å². The second-order valence-corrected chi connectivity index (χ2v) is 17.3. The second-order valence-electron chi connectivity index (χ2n) is 15.9. The van der Waals surface area contributed by atoms with Crippen LogP contribution >= 0.6 is 0 Å². The van der Waals surface area contributed by atoms with E-state index in [1.165, 1.54) is 80.9 Å². The number of hydrogen-bond acceptors (Lipinski definition) is 2. The third-order valence-corrected chi connectivity index (χ3v) is 13.7. The van der Waals surface area contributed by atoms with Crippen molar-refractivity contribution in [2.45, 2.75) is 134 Å². The quantitative estimate of drug-likeness (QED) is 0.370. The Labute approximate surface area is 243 Å². The van der Waals surface area contributed by atoms with E-state index in [1.54, 1.807) is 0 Å². The minimum Gasteiger partial charge on any atom is -0.282 e. The zero-order valence-electron chi connectivity index (χ0n) is 25.2. The Bertz CT molecular complexity index is 1270. The zero-order valence-corrected chi connectivity index (χ0v) is 26.0. The molecule has 0 spiro atoms. The highest BCUT2D eigenvalue weighted by atomic mass is 32.2. The predicted molar refractivity (Wildman–Crippen MR) is 163 cm³/mol. The van der Waals surface area contributed by atoms with Gasteiger partial charge in [-0.05, 0) is 184 Å². The van der Waals surface area contributed by atoms with E-state index in [9.17, 15) is 13.0 Å². The number of hydrogen-bond donors (Lipinski definition) is 1. The van der Waals surface area contributed by atoms with Gasteiger partial charge < -0.3 is 0 Å². The summed E-state index contributed by atoms with van der Waals surface area (Å²) in [7, 11) is -4.35. The molecule has 0 saturated heterocycles. The van der Waals surface area contributed by atoms with Crippen LogP contribution in [-0.4, -0.2) is 13.0 Å². The van der Waals surface area contributed by atoms with Crippen molar-refractivity contribution in [3.63, 3.8) is 0 Å². The number of fused-ring (bicyclic) bond motifs is 6. The Morgan fingerprint density at radius 3 is 1.98 bits per heavy atom. The van der Waals surface area contributed by atoms with E-state index in [0.717, 1.165) is 66.9 Å². The lowest BCUT2D eigenvalue weighted by Crippen LogP contribution is -2.33. The van der Waals surface area contributed by atoms with Crippen LogP contribution in [0.3, 0.4) is 0 Å². The number of allylic oxidation sites excluding steroid dienone is 2. The molecule has 220 valence electrons. The molecule has 6 aliphatic rings. The zero-order chi connectivity index (χ0) is 27.8. The minimum atomic E-state index is -4.35. The average molecular weight is 565 g/mol. The van der Waals surface area contributed by atoms with Crippen molar-refractivity contribution in [1.82, 2.24) is 0 Å². The van der Waals surface area contributed by atoms with E-state index >= 15 is 0 Å². The van der Waals surface area contributed by atoms with Gasteiger partial charge in [0.05, 0.1) is 0 Å². The molecule has 0 radical (unpaired) electrons. The molecule has 10 unspecified atom stereocenters. The standard InChI is InChI=1S/C36H52O3S/c1-21-10-24-4-7-31(27(13-21)16-24)30-19-34(32-8-5-25-11-22(2)14-28(32)17-25)36(40(37,38)39)35(20-30)33-9-6-26-12-23(3)15-29(33)18-26/h19-28,31-32H,4-18H2,1-3H3,(H,37,38,39). The molecule has 10 atom stereocenters. The van der Waals surface area contributed by atoms with E-state index in [0.29, 0.717) is 34.5 Å². The van der Waals surface area contributed by atoms with Gasteiger partial charge in [0.15, 0.2) is 0 Å². The van der Waals surface area contributed by atoms with Gasteiger partial charge in [0.25, 0.3) is 10.1 Å². The molecule has 6 bridgehead atoms. The molecule has 1 N–H and O–H groups in total. The van der Waals surface area contributed by atoms with Crippen molar-refractivity contribution in [2.75, 3.05) is 0 Å². The molecule has 0 aliphatic heterocycles. The monoisotopic (exact) mass is 564 g/mol. The number of rotatable bonds is 4. The fourth-order valence-electron chi connectivity index (χ4n) is 11.5. The molecule has 3 nitrogen and oxygen atoms in total. The van der Waals surface area contributed by atoms with Crippen LogP contribution in [0.1, 0.15) is 146 Å². The maximum atomic E-state index is 13.5. The second kappa shape index (κ2) is 10.5. The Morgan fingerprint density at radius 1 is 0.675 bits per heavy atom. The van der Waals surface area contributed by atoms with Crippen LogP contribution in [0.5, 0.6) is 0 Å². The van der Waals surface area contributed by atoms with Gasteiger partial charge in [-0.3, -0.25) is 4.55 Å². The molecule has 0 amide bonds. The first-order chi connectivity index (χ1) is 19.1. The van der Waals surface area contributed by atoms with Crippen LogP contribution < -0.4 is 0 Å². The summed E-state index contributed by atoms with van der Waals surface area (Å²) in [6, 6.07) is 4.63. The molecule has 1 aromatic carbocycles. The molecular formula is C36H52O3S. The Hall–Kier alpha value is -1.13. The normalized spacial score (nSPS) is 41.6. The summed E-state index contributed by atoms with van der Waals surface area (Å²) < 4.78 is 37.9. The first-order valence-corrected chi connectivity index (χ1v) is 18.4. The fraction of sp³-hybridized carbons (Fsp3) is 0.778. The van der Waals surface area contributed by atoms with E-state index in [2.05, 4.69) is 32.9 Å². The van der Waals surface area contributed by atoms with Crippen molar-refractivity contribution < 1.29 is 13.0 Å². The van der Waals surface area contributed by atoms with E-state index in [1.807, 2.05) is 0 Å². The lowest BCUT2D eigenvalue weighted by atomic mass is 9.60. The van der Waals surface area contributed by atoms with Gasteiger partial charge in [0.2, 0.25) is 0 Å². The van der Waals surface area contributed by atoms with Crippen molar-refractivity contribution in [3.05, 3.63) is 34.4 Å². The van der Waals surface area contributed by atoms with Crippen LogP contribution in [0.2, 0.25) is 0 Å². The Balaban J connectivity index is 1.40. The van der Waals surface area contributed by atoms with Crippen LogP contribution in [0.4, 0.5) is 0 Å². The van der Waals surface area contributed by atoms with Gasteiger partial charge in [-0.1, -0.05) is 32.4 Å². The molecular weight excluding hydrogens is 512 g/mol. The molecule has 5 fully saturated rings. The summed E-state index contributed by atoms with van der Waals surface area (Å²) in [4.78, 5) is 0.308. The van der Waals surface area contributed by atoms with Crippen molar-refractivity contribution in [3.8, 4) is 0 Å². The SMILES string of the molecule is CC1CC2=C(c3cc(C4CCC5CC(C)CC4C5)cc(C4CCC5CC(C)CC4C5)c3S(=O)(=O)O)CCC(C2)C1. The summed E-state index contributed by atoms with van der Waals surface area (Å²) in [6.07, 6.45) is 18.3. The van der Waals surface area contributed by atoms with Crippen LogP contribution in [0.15, 0.2) is 22.6 Å². The van der Waals surface area contributed by atoms with E-state index < -0.39 is 10.1 Å². The van der Waals surface area contributed by atoms with Gasteiger partial charge >= 0.3 is 0 Å². The van der Waals surface area contributed by atoms with Crippen molar-refractivity contribution >= 4 is 15.7 Å². The summed E-state index contributed by atoms with van der Waals surface area (Å²) in [5.41, 5.74) is 6.09. The third kappa shape index (κ3) is 5.16. The highest BCUT2D eigenvalue weighted by Crippen LogP contribution is 2.55. The molecule has 0 aromatic heterocycles. The van der Waals surface area contributed by atoms with Gasteiger partial charge in [0.1, 0.15) is 4.90 Å². The summed E-state index contributed by atoms with van der Waals surface area (Å²) in [5, 5.41) is 0. The van der Waals surface area contributed by atoms with E-state index in [4.69, 9.17) is 0 Å². The topological polar surface area (TPSA) is 54.4 Å².